The number of benzene rings is 4. The van der Waals surface area contributed by atoms with Gasteiger partial charge >= 0.3 is 5.97 Å². The van der Waals surface area contributed by atoms with Gasteiger partial charge in [0.2, 0.25) is 0 Å². The Morgan fingerprint density at radius 3 is 1.63 bits per heavy atom. The Kier molecular flexibility index (Phi) is 7.42. The Morgan fingerprint density at radius 2 is 1.24 bits per heavy atom. The van der Waals surface area contributed by atoms with Gasteiger partial charge in [0.25, 0.3) is 0 Å². The zero-order valence-corrected chi connectivity index (χ0v) is 21.9. The van der Waals surface area contributed by atoms with Gasteiger partial charge in [-0.05, 0) is 28.8 Å². The first-order chi connectivity index (χ1) is 18.5. The molecule has 7 heteroatoms. The molecule has 1 fully saturated rings. The molecule has 1 aliphatic heterocycles. The van der Waals surface area contributed by atoms with E-state index in [-0.39, 0.29) is 19.1 Å². The molecule has 0 radical (unpaired) electrons. The van der Waals surface area contributed by atoms with Crippen molar-refractivity contribution in [1.29, 1.82) is 0 Å². The average Bonchev–Trinajstić information content (AvgIpc) is 3.44. The molecule has 3 atom stereocenters. The number of carboxylic acids is 1. The van der Waals surface area contributed by atoms with Crippen LogP contribution in [0.4, 0.5) is 0 Å². The molecule has 0 aromatic heterocycles. The van der Waals surface area contributed by atoms with Crippen LogP contribution in [0.2, 0.25) is 0 Å². The second-order valence-corrected chi connectivity index (χ2v) is 11.4. The Bertz CT molecular complexity index is 1390. The van der Waals surface area contributed by atoms with Crippen molar-refractivity contribution in [3.8, 4) is 0 Å². The molecule has 1 heterocycles. The number of methoxy groups -OCH3 is 1. The van der Waals surface area contributed by atoms with Crippen LogP contribution in [0, 0.1) is 0 Å². The minimum absolute atomic E-state index is 0.180. The van der Waals surface area contributed by atoms with Crippen molar-refractivity contribution >= 4 is 15.9 Å². The van der Waals surface area contributed by atoms with Crippen LogP contribution in [-0.4, -0.2) is 45.4 Å². The van der Waals surface area contributed by atoms with Crippen molar-refractivity contribution in [3.63, 3.8) is 0 Å². The van der Waals surface area contributed by atoms with Crippen LogP contribution >= 0.6 is 0 Å². The number of hydrogen-bond donors (Lipinski definition) is 1. The maximum atomic E-state index is 15.5. The summed E-state index contributed by atoms with van der Waals surface area (Å²) in [5, 5.41) is 10.2. The minimum atomic E-state index is -3.49. The van der Waals surface area contributed by atoms with E-state index in [2.05, 4.69) is 0 Å². The zero-order valence-electron chi connectivity index (χ0n) is 21.1. The molecule has 194 valence electrons. The Hall–Kier alpha value is -3.78. The third-order valence-electron chi connectivity index (χ3n) is 7.04. The predicted molar refractivity (Wildman–Crippen MR) is 148 cm³/mol. The highest BCUT2D eigenvalue weighted by molar-refractivity contribution is 7.91. The molecule has 0 aliphatic carbocycles. The first-order valence-electron chi connectivity index (χ1n) is 12.5. The van der Waals surface area contributed by atoms with Crippen molar-refractivity contribution < 1.29 is 18.8 Å². The molecular formula is C31H30N2O4S. The number of carbonyl (C=O) groups is 1. The molecule has 5 rings (SSSR count). The van der Waals surface area contributed by atoms with E-state index in [4.69, 9.17) is 9.10 Å². The monoisotopic (exact) mass is 526 g/mol. The summed E-state index contributed by atoms with van der Waals surface area (Å²) in [6, 6.07) is 37.2. The van der Waals surface area contributed by atoms with Crippen LogP contribution < -0.4 is 0 Å². The lowest BCUT2D eigenvalue weighted by Crippen LogP contribution is -2.42. The van der Waals surface area contributed by atoms with Gasteiger partial charge in [-0.3, -0.25) is 4.79 Å². The van der Waals surface area contributed by atoms with Gasteiger partial charge < -0.3 is 9.84 Å². The summed E-state index contributed by atoms with van der Waals surface area (Å²) in [6.07, 6.45) is -0.157. The number of rotatable bonds is 8. The number of nitrogens with zero attached hydrogens (tertiary/aromatic N) is 2. The highest BCUT2D eigenvalue weighted by atomic mass is 32.2. The fraction of sp³-hybridized carbons (Fsp3) is 0.194. The number of aliphatic carboxylic acids is 1. The number of ether oxygens (including phenoxy) is 1. The average molecular weight is 527 g/mol. The van der Waals surface area contributed by atoms with Crippen molar-refractivity contribution in [2.24, 2.45) is 4.36 Å². The molecule has 2 unspecified atom stereocenters. The zero-order chi connectivity index (χ0) is 26.6. The van der Waals surface area contributed by atoms with Gasteiger partial charge in [-0.25, -0.2) is 4.21 Å². The maximum Gasteiger partial charge on any atom is 0.322 e. The Balaban J connectivity index is 1.92. The van der Waals surface area contributed by atoms with Gasteiger partial charge in [-0.2, -0.15) is 8.67 Å². The smallest absolute Gasteiger partial charge is 0.322 e. The van der Waals surface area contributed by atoms with E-state index in [1.54, 1.807) is 31.4 Å². The first-order valence-corrected chi connectivity index (χ1v) is 14.0. The second-order valence-electron chi connectivity index (χ2n) is 9.26. The van der Waals surface area contributed by atoms with Crippen LogP contribution in [0.3, 0.4) is 0 Å². The summed E-state index contributed by atoms with van der Waals surface area (Å²) >= 11 is 0. The lowest BCUT2D eigenvalue weighted by atomic mass is 9.78. The maximum absolute atomic E-state index is 15.5. The highest BCUT2D eigenvalue weighted by Gasteiger charge is 2.46. The summed E-state index contributed by atoms with van der Waals surface area (Å²) in [7, 11) is -1.94. The molecule has 1 saturated heterocycles. The molecular weight excluding hydrogens is 496 g/mol. The number of hydrogen-bond acceptors (Lipinski definition) is 4. The topological polar surface area (TPSA) is 79.2 Å². The molecule has 1 aliphatic rings. The fourth-order valence-electron chi connectivity index (χ4n) is 5.16. The van der Waals surface area contributed by atoms with E-state index in [1.807, 2.05) is 97.1 Å². The molecule has 4 aromatic rings. The summed E-state index contributed by atoms with van der Waals surface area (Å²) in [5.41, 5.74) is 1.30. The summed E-state index contributed by atoms with van der Waals surface area (Å²) in [6.45, 7) is 0.180. The molecule has 0 bridgehead atoms. The molecule has 1 N–H and O–H groups in total. The molecule has 0 saturated carbocycles. The molecule has 4 aromatic carbocycles. The van der Waals surface area contributed by atoms with Gasteiger partial charge in [0, 0.05) is 20.1 Å². The van der Waals surface area contributed by atoms with Crippen molar-refractivity contribution in [3.05, 3.63) is 138 Å². The van der Waals surface area contributed by atoms with Gasteiger partial charge in [0.1, 0.15) is 21.5 Å². The summed E-state index contributed by atoms with van der Waals surface area (Å²) in [5.74, 6) is -1.05. The highest BCUT2D eigenvalue weighted by Crippen LogP contribution is 2.44. The first kappa shape index (κ1) is 25.9. The normalized spacial score (nSPS) is 19.5. The van der Waals surface area contributed by atoms with Crippen LogP contribution in [0.5, 0.6) is 0 Å². The van der Waals surface area contributed by atoms with Crippen molar-refractivity contribution in [1.82, 2.24) is 4.31 Å². The van der Waals surface area contributed by atoms with Crippen LogP contribution in [0.25, 0.3) is 0 Å². The molecule has 6 nitrogen and oxygen atoms in total. The van der Waals surface area contributed by atoms with Crippen molar-refractivity contribution in [2.45, 2.75) is 29.0 Å². The molecule has 38 heavy (non-hydrogen) atoms. The van der Waals surface area contributed by atoms with E-state index in [0.29, 0.717) is 4.90 Å². The second kappa shape index (κ2) is 10.9. The lowest BCUT2D eigenvalue weighted by molar-refractivity contribution is -0.140. The number of carboxylic acid groups (broad SMARTS) is 1. The predicted octanol–water partition coefficient (Wildman–Crippen LogP) is 5.59. The summed E-state index contributed by atoms with van der Waals surface area (Å²) in [4.78, 5) is 12.9. The van der Waals surface area contributed by atoms with E-state index < -0.39 is 27.5 Å². The van der Waals surface area contributed by atoms with Crippen LogP contribution in [0.15, 0.2) is 131 Å². The largest absolute Gasteiger partial charge is 0.480 e. The quantitative estimate of drug-likeness (QED) is 0.304. The fourth-order valence-corrected chi connectivity index (χ4v) is 7.73. The SMILES string of the molecule is COC1C[C@@H](C(=O)O)N(S(=O)(=NC(c2ccccc2)(c2ccccc2)c2ccccc2)c2ccccc2)C1. The van der Waals surface area contributed by atoms with Crippen molar-refractivity contribution in [2.75, 3.05) is 13.7 Å². The standard InChI is InChI=1S/C31H30N2O4S/c1-37-27-22-29(30(34)35)33(23-27)38(36,28-20-12-5-13-21-28)32-31(24-14-6-2-7-15-24,25-16-8-3-9-17-25)26-18-10-4-11-19-26/h2-21,27,29H,22-23H2,1H3,(H,34,35)/t27?,29-,38?/m0/s1. The van der Waals surface area contributed by atoms with Gasteiger partial charge in [-0.1, -0.05) is 109 Å². The summed E-state index contributed by atoms with van der Waals surface area (Å²) < 4.78 is 28.0. The van der Waals surface area contributed by atoms with Crippen LogP contribution in [-0.2, 0) is 25.0 Å². The van der Waals surface area contributed by atoms with E-state index in [1.165, 1.54) is 4.31 Å². The van der Waals surface area contributed by atoms with E-state index in [0.717, 1.165) is 16.7 Å². The minimum Gasteiger partial charge on any atom is -0.480 e. The van der Waals surface area contributed by atoms with E-state index >= 15 is 4.21 Å². The third kappa shape index (κ3) is 4.65. The molecule has 0 spiro atoms. The van der Waals surface area contributed by atoms with Crippen LogP contribution in [0.1, 0.15) is 23.1 Å². The molecule has 0 amide bonds. The third-order valence-corrected chi connectivity index (χ3v) is 9.49. The van der Waals surface area contributed by atoms with E-state index in [9.17, 15) is 9.90 Å². The van der Waals surface area contributed by atoms with Gasteiger partial charge in [0.05, 0.1) is 11.0 Å². The Morgan fingerprint density at radius 1 is 0.816 bits per heavy atom. The lowest BCUT2D eigenvalue weighted by Gasteiger charge is -2.35. The van der Waals surface area contributed by atoms with Gasteiger partial charge in [-0.15, -0.1) is 0 Å². The Labute approximate surface area is 223 Å². The van der Waals surface area contributed by atoms with Gasteiger partial charge in [0.15, 0.2) is 0 Å².